The zero-order valence-corrected chi connectivity index (χ0v) is 12.6. The van der Waals surface area contributed by atoms with E-state index in [9.17, 15) is 0 Å². The predicted molar refractivity (Wildman–Crippen MR) is 83.4 cm³/mol. The molecule has 0 saturated carbocycles. The van der Waals surface area contributed by atoms with Crippen LogP contribution in [0.2, 0.25) is 0 Å². The molecule has 21 heavy (non-hydrogen) atoms. The number of nitrogens with zero attached hydrogens (tertiary/aromatic N) is 2. The minimum atomic E-state index is 0.498. The number of fused-ring (bicyclic) bond motifs is 1. The molecule has 1 atom stereocenters. The number of hydrogen-bond donors (Lipinski definition) is 1. The first-order chi connectivity index (χ1) is 10.3. The van der Waals surface area contributed by atoms with Crippen LogP contribution in [0.15, 0.2) is 30.6 Å². The summed E-state index contributed by atoms with van der Waals surface area (Å²) in [5, 5.41) is 3.62. The third kappa shape index (κ3) is 2.76. The minimum Gasteiger partial charge on any atom is -0.479 e. The van der Waals surface area contributed by atoms with Crippen LogP contribution in [0.4, 0.5) is 0 Å². The van der Waals surface area contributed by atoms with Gasteiger partial charge in [-0.25, -0.2) is 9.97 Å². The Balaban J connectivity index is 1.91. The van der Waals surface area contributed by atoms with Crippen LogP contribution in [0.25, 0.3) is 11.3 Å². The van der Waals surface area contributed by atoms with Crippen molar-refractivity contribution in [3.8, 4) is 17.1 Å². The maximum Gasteiger partial charge on any atom is 0.240 e. The molecule has 2 aromatic rings. The molecular weight excluding hydrogens is 262 g/mol. The second-order valence-electron chi connectivity index (χ2n) is 5.37. The number of aryl methyl sites for hydroxylation is 1. The van der Waals surface area contributed by atoms with Gasteiger partial charge in [-0.15, -0.1) is 0 Å². The van der Waals surface area contributed by atoms with Gasteiger partial charge in [0.2, 0.25) is 5.88 Å². The van der Waals surface area contributed by atoms with Crippen molar-refractivity contribution >= 4 is 0 Å². The van der Waals surface area contributed by atoms with Crippen LogP contribution in [0.1, 0.15) is 36.9 Å². The molecule has 1 N–H and O–H groups in total. The molecule has 4 nitrogen and oxygen atoms in total. The second kappa shape index (κ2) is 6.22. The van der Waals surface area contributed by atoms with E-state index in [1.165, 1.54) is 24.0 Å². The summed E-state index contributed by atoms with van der Waals surface area (Å²) in [6.07, 6.45) is 6.82. The Morgan fingerprint density at radius 1 is 1.29 bits per heavy atom. The highest BCUT2D eigenvalue weighted by Crippen LogP contribution is 2.35. The zero-order valence-electron chi connectivity index (χ0n) is 12.6. The smallest absolute Gasteiger partial charge is 0.240 e. The lowest BCUT2D eigenvalue weighted by molar-refractivity contribution is 0.398. The molecule has 1 unspecified atom stereocenters. The molecule has 1 aromatic carbocycles. The SMILES string of the molecule is CCCNC1CCc2cc(-c3nccnc3OC)ccc21. The largest absolute Gasteiger partial charge is 0.479 e. The standard InChI is InChI=1S/C17H21N3O/c1-3-8-18-15-7-5-12-11-13(4-6-14(12)15)16-17(21-2)20-10-9-19-16/h4,6,9-11,15,18H,3,5,7-8H2,1-2H3. The van der Waals surface area contributed by atoms with Crippen molar-refractivity contribution in [1.82, 2.24) is 15.3 Å². The normalized spacial score (nSPS) is 16.8. The van der Waals surface area contributed by atoms with Gasteiger partial charge in [0.05, 0.1) is 7.11 Å². The first-order valence-corrected chi connectivity index (χ1v) is 7.55. The van der Waals surface area contributed by atoms with Gasteiger partial charge >= 0.3 is 0 Å². The number of rotatable bonds is 5. The van der Waals surface area contributed by atoms with Gasteiger partial charge in [-0.1, -0.05) is 19.1 Å². The third-order valence-corrected chi connectivity index (χ3v) is 3.99. The molecular formula is C17H21N3O. The Bertz CT molecular complexity index is 627. The molecule has 0 saturated heterocycles. The van der Waals surface area contributed by atoms with Crippen LogP contribution in [-0.2, 0) is 6.42 Å². The van der Waals surface area contributed by atoms with Crippen LogP contribution >= 0.6 is 0 Å². The van der Waals surface area contributed by atoms with Gasteiger partial charge in [0.1, 0.15) is 5.69 Å². The number of nitrogens with one attached hydrogen (secondary N) is 1. The van der Waals surface area contributed by atoms with Gasteiger partial charge in [-0.2, -0.15) is 0 Å². The lowest BCUT2D eigenvalue weighted by Crippen LogP contribution is -2.19. The van der Waals surface area contributed by atoms with E-state index in [0.717, 1.165) is 24.2 Å². The summed E-state index contributed by atoms with van der Waals surface area (Å²) >= 11 is 0. The number of methoxy groups -OCH3 is 1. The van der Waals surface area contributed by atoms with Gasteiger partial charge in [-0.3, -0.25) is 0 Å². The topological polar surface area (TPSA) is 47.0 Å². The average Bonchev–Trinajstić information content (AvgIpc) is 2.95. The zero-order chi connectivity index (χ0) is 14.7. The van der Waals surface area contributed by atoms with Crippen molar-refractivity contribution in [3.05, 3.63) is 41.7 Å². The summed E-state index contributed by atoms with van der Waals surface area (Å²) in [7, 11) is 1.63. The first kappa shape index (κ1) is 14.0. The van der Waals surface area contributed by atoms with E-state index in [1.54, 1.807) is 19.5 Å². The van der Waals surface area contributed by atoms with Crippen molar-refractivity contribution in [3.63, 3.8) is 0 Å². The number of aromatic nitrogens is 2. The molecule has 4 heteroatoms. The summed E-state index contributed by atoms with van der Waals surface area (Å²) in [6.45, 7) is 3.27. The molecule has 0 radical (unpaired) electrons. The molecule has 0 amide bonds. The van der Waals surface area contributed by atoms with Crippen molar-refractivity contribution in [2.75, 3.05) is 13.7 Å². The van der Waals surface area contributed by atoms with E-state index in [-0.39, 0.29) is 0 Å². The maximum atomic E-state index is 5.31. The van der Waals surface area contributed by atoms with Gasteiger partial charge in [0.25, 0.3) is 0 Å². The fourth-order valence-electron chi connectivity index (χ4n) is 2.97. The average molecular weight is 283 g/mol. The lowest BCUT2D eigenvalue weighted by atomic mass is 10.0. The molecule has 1 aromatic heterocycles. The fourth-order valence-corrected chi connectivity index (χ4v) is 2.97. The number of ether oxygens (including phenoxy) is 1. The molecule has 3 rings (SSSR count). The van der Waals surface area contributed by atoms with E-state index in [4.69, 9.17) is 4.74 Å². The predicted octanol–water partition coefficient (Wildman–Crippen LogP) is 3.14. The molecule has 1 aliphatic carbocycles. The summed E-state index contributed by atoms with van der Waals surface area (Å²) in [5.74, 6) is 0.580. The van der Waals surface area contributed by atoms with Crippen molar-refractivity contribution < 1.29 is 4.74 Å². The van der Waals surface area contributed by atoms with E-state index >= 15 is 0 Å². The van der Waals surface area contributed by atoms with Crippen LogP contribution in [-0.4, -0.2) is 23.6 Å². The Morgan fingerprint density at radius 3 is 2.95 bits per heavy atom. The molecule has 0 spiro atoms. The van der Waals surface area contributed by atoms with E-state index in [0.29, 0.717) is 11.9 Å². The molecule has 1 heterocycles. The Morgan fingerprint density at radius 2 is 2.14 bits per heavy atom. The van der Waals surface area contributed by atoms with Crippen LogP contribution in [0.5, 0.6) is 5.88 Å². The van der Waals surface area contributed by atoms with Crippen molar-refractivity contribution in [2.45, 2.75) is 32.2 Å². The van der Waals surface area contributed by atoms with E-state index in [2.05, 4.69) is 40.4 Å². The summed E-state index contributed by atoms with van der Waals surface area (Å²) in [4.78, 5) is 8.64. The molecule has 1 aliphatic rings. The fraction of sp³-hybridized carbons (Fsp3) is 0.412. The summed E-state index contributed by atoms with van der Waals surface area (Å²) in [5.41, 5.74) is 4.73. The maximum absolute atomic E-state index is 5.31. The highest BCUT2D eigenvalue weighted by atomic mass is 16.5. The minimum absolute atomic E-state index is 0.498. The monoisotopic (exact) mass is 283 g/mol. The highest BCUT2D eigenvalue weighted by Gasteiger charge is 2.22. The first-order valence-electron chi connectivity index (χ1n) is 7.55. The highest BCUT2D eigenvalue weighted by molar-refractivity contribution is 5.66. The number of benzene rings is 1. The summed E-state index contributed by atoms with van der Waals surface area (Å²) < 4.78 is 5.31. The van der Waals surface area contributed by atoms with Crippen molar-refractivity contribution in [1.29, 1.82) is 0 Å². The van der Waals surface area contributed by atoms with E-state index in [1.807, 2.05) is 0 Å². The van der Waals surface area contributed by atoms with Gasteiger partial charge < -0.3 is 10.1 Å². The molecule has 0 fully saturated rings. The summed E-state index contributed by atoms with van der Waals surface area (Å²) in [6, 6.07) is 7.07. The Kier molecular flexibility index (Phi) is 4.15. The van der Waals surface area contributed by atoms with E-state index < -0.39 is 0 Å². The van der Waals surface area contributed by atoms with Gasteiger partial charge in [0, 0.05) is 24.0 Å². The molecule has 0 aliphatic heterocycles. The van der Waals surface area contributed by atoms with Crippen LogP contribution in [0.3, 0.4) is 0 Å². The molecule has 110 valence electrons. The quantitative estimate of drug-likeness (QED) is 0.915. The Hall–Kier alpha value is -1.94. The van der Waals surface area contributed by atoms with Crippen LogP contribution < -0.4 is 10.1 Å². The van der Waals surface area contributed by atoms with Gasteiger partial charge in [0.15, 0.2) is 0 Å². The van der Waals surface area contributed by atoms with Crippen LogP contribution in [0, 0.1) is 0 Å². The van der Waals surface area contributed by atoms with Crippen molar-refractivity contribution in [2.24, 2.45) is 0 Å². The third-order valence-electron chi connectivity index (χ3n) is 3.99. The Labute approximate surface area is 125 Å². The second-order valence-corrected chi connectivity index (χ2v) is 5.37. The lowest BCUT2D eigenvalue weighted by Gasteiger charge is -2.14. The molecule has 0 bridgehead atoms. The van der Waals surface area contributed by atoms with Gasteiger partial charge in [-0.05, 0) is 43.0 Å². The number of hydrogen-bond acceptors (Lipinski definition) is 4.